The molecule has 0 amide bonds. The van der Waals surface area contributed by atoms with Crippen LogP contribution in [0.5, 0.6) is 0 Å². The van der Waals surface area contributed by atoms with E-state index >= 15 is 0 Å². The molecule has 0 aliphatic rings. The van der Waals surface area contributed by atoms with Crippen molar-refractivity contribution in [2.24, 2.45) is 0 Å². The summed E-state index contributed by atoms with van der Waals surface area (Å²) in [6, 6.07) is 3.74. The third-order valence-electron chi connectivity index (χ3n) is 1.84. The maximum Gasteiger partial charge on any atom is 0.322 e. The van der Waals surface area contributed by atoms with Crippen molar-refractivity contribution in [1.82, 2.24) is 0 Å². The van der Waals surface area contributed by atoms with E-state index < -0.39 is 4.75 Å². The molecular weight excluding hydrogens is 212 g/mol. The van der Waals surface area contributed by atoms with Gasteiger partial charge in [-0.1, -0.05) is 11.8 Å². The van der Waals surface area contributed by atoms with Crippen LogP contribution in [0.4, 0.5) is 0 Å². The molecule has 0 saturated carbocycles. The zero-order chi connectivity index (χ0) is 11.5. The topological polar surface area (TPSA) is 39.4 Å². The molecule has 0 bridgehead atoms. The largest absolute Gasteiger partial charge is 0.465 e. The van der Waals surface area contributed by atoms with E-state index in [0.717, 1.165) is 10.9 Å². The van der Waals surface area contributed by atoms with Gasteiger partial charge < -0.3 is 9.15 Å². The maximum absolute atomic E-state index is 11.6. The summed E-state index contributed by atoms with van der Waals surface area (Å²) in [4.78, 5) is 11.6. The molecule has 84 valence electrons. The zero-order valence-electron chi connectivity index (χ0n) is 9.49. The summed E-state index contributed by atoms with van der Waals surface area (Å²) < 4.78 is 9.78. The molecule has 4 heteroatoms. The van der Waals surface area contributed by atoms with Crippen LogP contribution in [-0.4, -0.2) is 17.3 Å². The molecule has 0 N–H and O–H groups in total. The lowest BCUT2D eigenvalue weighted by Gasteiger charge is -2.19. The minimum Gasteiger partial charge on any atom is -0.465 e. The average molecular weight is 228 g/mol. The second-order valence-electron chi connectivity index (χ2n) is 3.70. The Kier molecular flexibility index (Phi) is 3.85. The zero-order valence-corrected chi connectivity index (χ0v) is 10.3. The van der Waals surface area contributed by atoms with Gasteiger partial charge in [0.15, 0.2) is 5.09 Å². The van der Waals surface area contributed by atoms with Crippen molar-refractivity contribution < 1.29 is 13.9 Å². The predicted molar refractivity (Wildman–Crippen MR) is 60.0 cm³/mol. The number of rotatable bonds is 4. The highest BCUT2D eigenvalue weighted by Crippen LogP contribution is 2.34. The second kappa shape index (κ2) is 4.75. The van der Waals surface area contributed by atoms with Gasteiger partial charge in [-0.15, -0.1) is 0 Å². The molecular formula is C11H16O3S. The Labute approximate surface area is 94.2 Å². The monoisotopic (exact) mass is 228 g/mol. The molecule has 0 saturated heterocycles. The first-order valence-electron chi connectivity index (χ1n) is 4.88. The number of hydrogen-bond donors (Lipinski definition) is 0. The predicted octanol–water partition coefficient (Wildman–Crippen LogP) is 3.02. The lowest BCUT2D eigenvalue weighted by atomic mass is 10.2. The molecule has 1 aromatic heterocycles. The fraction of sp³-hybridized carbons (Fsp3) is 0.545. The number of carbonyl (C=O) groups excluding carboxylic acids is 1. The van der Waals surface area contributed by atoms with Gasteiger partial charge in [0.2, 0.25) is 0 Å². The summed E-state index contributed by atoms with van der Waals surface area (Å²) >= 11 is 1.37. The van der Waals surface area contributed by atoms with Crippen LogP contribution in [0.25, 0.3) is 0 Å². The number of ether oxygens (including phenoxy) is 1. The van der Waals surface area contributed by atoms with Crippen LogP contribution in [-0.2, 0) is 9.53 Å². The highest BCUT2D eigenvalue weighted by atomic mass is 32.2. The lowest BCUT2D eigenvalue weighted by molar-refractivity contribution is -0.145. The van der Waals surface area contributed by atoms with Gasteiger partial charge in [0.05, 0.1) is 6.61 Å². The van der Waals surface area contributed by atoms with Crippen molar-refractivity contribution in [2.75, 3.05) is 6.61 Å². The molecule has 0 aliphatic heterocycles. The number of esters is 1. The first-order chi connectivity index (χ1) is 6.95. The molecule has 0 aliphatic carbocycles. The van der Waals surface area contributed by atoms with Crippen LogP contribution in [0, 0.1) is 6.92 Å². The third-order valence-corrected chi connectivity index (χ3v) is 2.94. The summed E-state index contributed by atoms with van der Waals surface area (Å²) in [7, 11) is 0. The quantitative estimate of drug-likeness (QED) is 0.586. The molecule has 0 atom stereocenters. The van der Waals surface area contributed by atoms with Crippen molar-refractivity contribution in [3.05, 3.63) is 17.9 Å². The molecule has 1 heterocycles. The van der Waals surface area contributed by atoms with Crippen molar-refractivity contribution in [3.8, 4) is 0 Å². The van der Waals surface area contributed by atoms with E-state index in [9.17, 15) is 4.79 Å². The van der Waals surface area contributed by atoms with Crippen LogP contribution in [0.3, 0.4) is 0 Å². The molecule has 3 nitrogen and oxygen atoms in total. The SMILES string of the molecule is CCOC(=O)C(C)(C)Sc1ccc(C)o1. The van der Waals surface area contributed by atoms with Gasteiger partial charge >= 0.3 is 5.97 Å². The van der Waals surface area contributed by atoms with E-state index in [2.05, 4.69) is 0 Å². The fourth-order valence-corrected chi connectivity index (χ4v) is 2.02. The third kappa shape index (κ3) is 3.30. The molecule has 0 spiro atoms. The summed E-state index contributed by atoms with van der Waals surface area (Å²) in [5.41, 5.74) is 0. The number of thioether (sulfide) groups is 1. The average Bonchev–Trinajstić information content (AvgIpc) is 2.50. The lowest BCUT2D eigenvalue weighted by Crippen LogP contribution is -2.29. The number of carbonyl (C=O) groups is 1. The highest BCUT2D eigenvalue weighted by molar-refractivity contribution is 8.01. The van der Waals surface area contributed by atoms with Crippen molar-refractivity contribution in [3.63, 3.8) is 0 Å². The summed E-state index contributed by atoms with van der Waals surface area (Å²) in [5, 5.41) is 0.741. The summed E-state index contributed by atoms with van der Waals surface area (Å²) in [6.45, 7) is 7.73. The van der Waals surface area contributed by atoms with Crippen molar-refractivity contribution in [2.45, 2.75) is 37.5 Å². The number of aryl methyl sites for hydroxylation is 1. The molecule has 1 aromatic rings. The van der Waals surface area contributed by atoms with Crippen molar-refractivity contribution >= 4 is 17.7 Å². The molecule has 0 fully saturated rings. The van der Waals surface area contributed by atoms with Gasteiger partial charge in [-0.3, -0.25) is 4.79 Å². The minimum absolute atomic E-state index is 0.218. The van der Waals surface area contributed by atoms with Gasteiger partial charge in [0.25, 0.3) is 0 Å². The van der Waals surface area contributed by atoms with E-state index in [1.165, 1.54) is 11.8 Å². The first-order valence-corrected chi connectivity index (χ1v) is 5.70. The van der Waals surface area contributed by atoms with Gasteiger partial charge in [0, 0.05) is 0 Å². The van der Waals surface area contributed by atoms with Crippen LogP contribution in [0.2, 0.25) is 0 Å². The van der Waals surface area contributed by atoms with E-state index in [0.29, 0.717) is 6.61 Å². The van der Waals surface area contributed by atoms with Crippen LogP contribution in [0.15, 0.2) is 21.6 Å². The Hall–Kier alpha value is -0.900. The smallest absolute Gasteiger partial charge is 0.322 e. The van der Waals surface area contributed by atoms with E-state index in [4.69, 9.17) is 9.15 Å². The van der Waals surface area contributed by atoms with Gasteiger partial charge in [-0.2, -0.15) is 0 Å². The Morgan fingerprint density at radius 3 is 2.67 bits per heavy atom. The Bertz CT molecular complexity index is 341. The highest BCUT2D eigenvalue weighted by Gasteiger charge is 2.31. The summed E-state index contributed by atoms with van der Waals surface area (Å²) in [6.07, 6.45) is 0. The minimum atomic E-state index is -0.611. The van der Waals surface area contributed by atoms with Gasteiger partial charge in [0.1, 0.15) is 10.5 Å². The Morgan fingerprint density at radius 1 is 1.53 bits per heavy atom. The second-order valence-corrected chi connectivity index (χ2v) is 5.33. The van der Waals surface area contributed by atoms with E-state index in [1.54, 1.807) is 6.92 Å². The van der Waals surface area contributed by atoms with E-state index in [1.807, 2.05) is 32.9 Å². The fourth-order valence-electron chi connectivity index (χ4n) is 1.07. The Morgan fingerprint density at radius 2 is 2.20 bits per heavy atom. The van der Waals surface area contributed by atoms with E-state index in [-0.39, 0.29) is 5.97 Å². The number of hydrogen-bond acceptors (Lipinski definition) is 4. The maximum atomic E-state index is 11.6. The van der Waals surface area contributed by atoms with Gasteiger partial charge in [-0.05, 0) is 39.8 Å². The Balaban J connectivity index is 2.67. The van der Waals surface area contributed by atoms with Gasteiger partial charge in [-0.25, -0.2) is 0 Å². The molecule has 0 aromatic carbocycles. The summed E-state index contributed by atoms with van der Waals surface area (Å²) in [5.74, 6) is 0.626. The molecule has 0 radical (unpaired) electrons. The molecule has 1 rings (SSSR count). The normalized spacial score (nSPS) is 11.5. The van der Waals surface area contributed by atoms with Crippen molar-refractivity contribution in [1.29, 1.82) is 0 Å². The molecule has 15 heavy (non-hydrogen) atoms. The van der Waals surface area contributed by atoms with Crippen LogP contribution >= 0.6 is 11.8 Å². The first kappa shape index (κ1) is 12.2. The molecule has 0 unspecified atom stereocenters. The van der Waals surface area contributed by atoms with Crippen LogP contribution < -0.4 is 0 Å². The standard InChI is InChI=1S/C11H16O3S/c1-5-13-10(12)11(3,4)15-9-7-6-8(2)14-9/h6-7H,5H2,1-4H3. The van der Waals surface area contributed by atoms with Crippen LogP contribution in [0.1, 0.15) is 26.5 Å². The number of furan rings is 1.